The summed E-state index contributed by atoms with van der Waals surface area (Å²) in [4.78, 5) is 0. The minimum Gasteiger partial charge on any atom is -0.200 e. The summed E-state index contributed by atoms with van der Waals surface area (Å²) in [7, 11) is 0. The topological polar surface area (TPSA) is 23.8 Å². The van der Waals surface area contributed by atoms with E-state index < -0.39 is 11.8 Å². The summed E-state index contributed by atoms with van der Waals surface area (Å²) >= 11 is 0. The molecule has 1 aromatic rings. The number of halogens is 2. The van der Waals surface area contributed by atoms with Crippen LogP contribution in [0.3, 0.4) is 0 Å². The highest BCUT2D eigenvalue weighted by atomic mass is 19.3. The lowest BCUT2D eigenvalue weighted by Gasteiger charge is -2.18. The predicted octanol–water partition coefficient (Wildman–Crippen LogP) is 2.94. The molecule has 68 valence electrons. The van der Waals surface area contributed by atoms with Crippen LogP contribution in [0.1, 0.15) is 12.5 Å². The lowest BCUT2D eigenvalue weighted by atomic mass is 9.98. The summed E-state index contributed by atoms with van der Waals surface area (Å²) in [5, 5.41) is 8.40. The molecule has 1 atom stereocenters. The first kappa shape index (κ1) is 9.66. The molecule has 1 aromatic carbocycles. The maximum atomic E-state index is 13.3. The Labute approximate surface area is 75.6 Å². The van der Waals surface area contributed by atoms with Gasteiger partial charge in [0.2, 0.25) is 0 Å². The molecule has 0 saturated heterocycles. The van der Waals surface area contributed by atoms with E-state index in [-0.39, 0.29) is 5.56 Å². The molecule has 0 N–H and O–H groups in total. The second-order valence-electron chi connectivity index (χ2n) is 2.84. The van der Waals surface area contributed by atoms with Gasteiger partial charge in [0.15, 0.2) is 0 Å². The summed E-state index contributed by atoms with van der Waals surface area (Å²) in [6.45, 7) is 1.22. The van der Waals surface area contributed by atoms with Crippen LogP contribution in [0.5, 0.6) is 0 Å². The zero-order valence-electron chi connectivity index (χ0n) is 7.17. The molecule has 1 rings (SSSR count). The molecule has 0 aliphatic carbocycles. The van der Waals surface area contributed by atoms with Crippen molar-refractivity contribution in [2.45, 2.75) is 12.8 Å². The molecule has 0 saturated carbocycles. The van der Waals surface area contributed by atoms with Crippen LogP contribution in [0.15, 0.2) is 30.3 Å². The Morgan fingerprint density at radius 3 is 2.31 bits per heavy atom. The highest BCUT2D eigenvalue weighted by Crippen LogP contribution is 2.34. The lowest BCUT2D eigenvalue weighted by molar-refractivity contribution is -0.0378. The number of rotatable bonds is 2. The zero-order valence-corrected chi connectivity index (χ0v) is 7.17. The number of nitriles is 1. The molecule has 0 aromatic heterocycles. The van der Waals surface area contributed by atoms with Crippen molar-refractivity contribution in [2.24, 2.45) is 5.92 Å². The highest BCUT2D eigenvalue weighted by Gasteiger charge is 2.38. The first-order valence-electron chi connectivity index (χ1n) is 3.92. The standard InChI is InChI=1S/C10H9F2N/c1-8(7-13)10(11,12)9-5-3-2-4-6-9/h2-6,8H,1H3. The molecule has 1 nitrogen and oxygen atoms in total. The van der Waals surface area contributed by atoms with E-state index in [1.807, 2.05) is 0 Å². The summed E-state index contributed by atoms with van der Waals surface area (Å²) in [5.41, 5.74) is -0.107. The van der Waals surface area contributed by atoms with Crippen LogP contribution in [0, 0.1) is 17.2 Å². The molecule has 0 amide bonds. The maximum Gasteiger partial charge on any atom is 0.288 e. The van der Waals surface area contributed by atoms with Crippen LogP contribution in [0.4, 0.5) is 8.78 Å². The van der Waals surface area contributed by atoms with Crippen molar-refractivity contribution in [1.29, 1.82) is 5.26 Å². The molecule has 0 heterocycles. The first-order chi connectivity index (χ1) is 6.09. The van der Waals surface area contributed by atoms with Crippen molar-refractivity contribution in [1.82, 2.24) is 0 Å². The molecule has 0 radical (unpaired) electrons. The van der Waals surface area contributed by atoms with Crippen molar-refractivity contribution in [3.8, 4) is 6.07 Å². The van der Waals surface area contributed by atoms with E-state index in [0.29, 0.717) is 0 Å². The molecule has 0 fully saturated rings. The van der Waals surface area contributed by atoms with Gasteiger partial charge in [-0.05, 0) is 6.92 Å². The fourth-order valence-corrected chi connectivity index (χ4v) is 0.991. The second kappa shape index (κ2) is 3.53. The van der Waals surface area contributed by atoms with Gasteiger partial charge in [0.05, 0.1) is 6.07 Å². The third kappa shape index (κ3) is 1.83. The van der Waals surface area contributed by atoms with E-state index in [4.69, 9.17) is 5.26 Å². The molecule has 1 unspecified atom stereocenters. The second-order valence-corrected chi connectivity index (χ2v) is 2.84. The van der Waals surface area contributed by atoms with E-state index in [9.17, 15) is 8.78 Å². The van der Waals surface area contributed by atoms with Crippen LogP contribution < -0.4 is 0 Å². The monoisotopic (exact) mass is 181 g/mol. The molecule has 0 spiro atoms. The smallest absolute Gasteiger partial charge is 0.200 e. The van der Waals surface area contributed by atoms with Crippen LogP contribution in [-0.4, -0.2) is 0 Å². The number of benzene rings is 1. The van der Waals surface area contributed by atoms with E-state index in [2.05, 4.69) is 0 Å². The maximum absolute atomic E-state index is 13.3. The molecule has 0 aliphatic rings. The largest absolute Gasteiger partial charge is 0.288 e. The minimum absolute atomic E-state index is 0.107. The fourth-order valence-electron chi connectivity index (χ4n) is 0.991. The van der Waals surface area contributed by atoms with Crippen molar-refractivity contribution in [3.05, 3.63) is 35.9 Å². The number of alkyl halides is 2. The van der Waals surface area contributed by atoms with Crippen molar-refractivity contribution in [3.63, 3.8) is 0 Å². The molecule has 13 heavy (non-hydrogen) atoms. The zero-order chi connectivity index (χ0) is 9.90. The van der Waals surface area contributed by atoms with E-state index in [1.54, 1.807) is 12.1 Å². The van der Waals surface area contributed by atoms with Crippen molar-refractivity contribution < 1.29 is 8.78 Å². The molecular formula is C10H9F2N. The van der Waals surface area contributed by atoms with Gasteiger partial charge in [-0.15, -0.1) is 0 Å². The average Bonchev–Trinajstić information content (AvgIpc) is 2.18. The molecular weight excluding hydrogens is 172 g/mol. The van der Waals surface area contributed by atoms with Gasteiger partial charge < -0.3 is 0 Å². The summed E-state index contributed by atoms with van der Waals surface area (Å²) in [5.74, 6) is -4.36. The van der Waals surface area contributed by atoms with Gasteiger partial charge in [0.25, 0.3) is 5.92 Å². The predicted molar refractivity (Wildman–Crippen MR) is 45.1 cm³/mol. The third-order valence-corrected chi connectivity index (χ3v) is 1.90. The van der Waals surface area contributed by atoms with E-state index >= 15 is 0 Å². The number of hydrogen-bond donors (Lipinski definition) is 0. The molecule has 0 bridgehead atoms. The van der Waals surface area contributed by atoms with Gasteiger partial charge in [-0.2, -0.15) is 14.0 Å². The lowest BCUT2D eigenvalue weighted by Crippen LogP contribution is -2.21. The Morgan fingerprint density at radius 2 is 1.85 bits per heavy atom. The Hall–Kier alpha value is -1.43. The van der Waals surface area contributed by atoms with Crippen LogP contribution >= 0.6 is 0 Å². The Balaban J connectivity index is 3.02. The van der Waals surface area contributed by atoms with E-state index in [1.165, 1.54) is 31.2 Å². The average molecular weight is 181 g/mol. The SMILES string of the molecule is CC(C#N)C(F)(F)c1ccccc1. The quantitative estimate of drug-likeness (QED) is 0.688. The van der Waals surface area contributed by atoms with Gasteiger partial charge in [-0.25, -0.2) is 0 Å². The van der Waals surface area contributed by atoms with Crippen LogP contribution in [0.2, 0.25) is 0 Å². The molecule has 0 aliphatic heterocycles. The van der Waals surface area contributed by atoms with Gasteiger partial charge in [0.1, 0.15) is 5.92 Å². The van der Waals surface area contributed by atoms with Gasteiger partial charge in [-0.3, -0.25) is 0 Å². The highest BCUT2D eigenvalue weighted by molar-refractivity contribution is 5.22. The van der Waals surface area contributed by atoms with Gasteiger partial charge in [-0.1, -0.05) is 30.3 Å². The third-order valence-electron chi connectivity index (χ3n) is 1.90. The Kier molecular flexibility index (Phi) is 2.62. The Morgan fingerprint density at radius 1 is 1.31 bits per heavy atom. The van der Waals surface area contributed by atoms with E-state index in [0.717, 1.165) is 0 Å². The normalized spacial score (nSPS) is 13.4. The summed E-state index contributed by atoms with van der Waals surface area (Å²) < 4.78 is 26.7. The van der Waals surface area contributed by atoms with Crippen molar-refractivity contribution in [2.75, 3.05) is 0 Å². The van der Waals surface area contributed by atoms with Crippen LogP contribution in [-0.2, 0) is 5.92 Å². The minimum atomic E-state index is -3.06. The first-order valence-corrected chi connectivity index (χ1v) is 3.92. The van der Waals surface area contributed by atoms with Gasteiger partial charge in [0, 0.05) is 5.56 Å². The van der Waals surface area contributed by atoms with Crippen LogP contribution in [0.25, 0.3) is 0 Å². The van der Waals surface area contributed by atoms with Gasteiger partial charge >= 0.3 is 0 Å². The number of hydrogen-bond acceptors (Lipinski definition) is 1. The summed E-state index contributed by atoms with van der Waals surface area (Å²) in [6.07, 6.45) is 0. The molecule has 3 heteroatoms. The fraction of sp³-hybridized carbons (Fsp3) is 0.300. The summed E-state index contributed by atoms with van der Waals surface area (Å²) in [6, 6.07) is 8.94. The van der Waals surface area contributed by atoms with Crippen molar-refractivity contribution >= 4 is 0 Å². The number of nitrogens with zero attached hydrogens (tertiary/aromatic N) is 1. The Bertz CT molecular complexity index is 313.